The van der Waals surface area contributed by atoms with Crippen LogP contribution in [-0.2, 0) is 0 Å². The van der Waals surface area contributed by atoms with Gasteiger partial charge in [-0.2, -0.15) is 0 Å². The van der Waals surface area contributed by atoms with E-state index in [2.05, 4.69) is 15.3 Å². The number of anilines is 1. The number of ether oxygens (including phenoxy) is 1. The van der Waals surface area contributed by atoms with Gasteiger partial charge in [-0.3, -0.25) is 14.2 Å². The number of hydrogen-bond acceptors (Lipinski definition) is 5. The van der Waals surface area contributed by atoms with Crippen molar-refractivity contribution < 1.29 is 9.53 Å². The number of amides is 1. The van der Waals surface area contributed by atoms with E-state index in [0.717, 1.165) is 16.0 Å². The Bertz CT molecular complexity index is 1020. The van der Waals surface area contributed by atoms with Crippen LogP contribution in [0.5, 0.6) is 5.75 Å². The summed E-state index contributed by atoms with van der Waals surface area (Å²) in [7, 11) is 1.56. The molecule has 1 aromatic carbocycles. The average molecular weight is 324 g/mol. The second-order valence-electron chi connectivity index (χ2n) is 4.92. The molecule has 1 amide bonds. The first-order valence-corrected chi connectivity index (χ1v) is 7.73. The van der Waals surface area contributed by atoms with Crippen molar-refractivity contribution in [3.63, 3.8) is 0 Å². The number of benzene rings is 1. The Kier molecular flexibility index (Phi) is 3.20. The third-order valence-electron chi connectivity index (χ3n) is 3.44. The van der Waals surface area contributed by atoms with Crippen LogP contribution in [0.4, 0.5) is 5.69 Å². The van der Waals surface area contributed by atoms with Crippen molar-refractivity contribution in [1.29, 1.82) is 0 Å². The summed E-state index contributed by atoms with van der Waals surface area (Å²) in [5.74, 6) is 0.398. The lowest BCUT2D eigenvalue weighted by Gasteiger charge is -2.04. The minimum Gasteiger partial charge on any atom is -0.495 e. The van der Waals surface area contributed by atoms with Gasteiger partial charge in [0, 0.05) is 12.3 Å². The van der Waals surface area contributed by atoms with E-state index in [1.165, 1.54) is 11.3 Å². The van der Waals surface area contributed by atoms with Gasteiger partial charge in [-0.15, -0.1) is 0 Å². The zero-order valence-electron chi connectivity index (χ0n) is 12.2. The third kappa shape index (κ3) is 2.40. The summed E-state index contributed by atoms with van der Waals surface area (Å²) in [6, 6.07) is 9.56. The van der Waals surface area contributed by atoms with Crippen LogP contribution >= 0.6 is 11.3 Å². The Hall–Kier alpha value is -2.93. The van der Waals surface area contributed by atoms with E-state index in [9.17, 15) is 4.79 Å². The van der Waals surface area contributed by atoms with Gasteiger partial charge in [0.2, 0.25) is 0 Å². The van der Waals surface area contributed by atoms with Crippen molar-refractivity contribution in [2.75, 3.05) is 12.4 Å². The molecule has 0 radical (unpaired) electrons. The minimum absolute atomic E-state index is 0.195. The SMILES string of the molecule is COc1cncc(NC(=O)c2cn3c(nc4ccccc43)s2)c1. The van der Waals surface area contributed by atoms with Gasteiger partial charge in [-0.05, 0) is 12.1 Å². The topological polar surface area (TPSA) is 68.5 Å². The lowest BCUT2D eigenvalue weighted by molar-refractivity contribution is 0.103. The molecule has 0 saturated carbocycles. The number of aromatic nitrogens is 3. The lowest BCUT2D eigenvalue weighted by atomic mass is 10.3. The molecular weight excluding hydrogens is 312 g/mol. The summed E-state index contributed by atoms with van der Waals surface area (Å²) in [5.41, 5.74) is 2.49. The van der Waals surface area contributed by atoms with Crippen molar-refractivity contribution in [1.82, 2.24) is 14.4 Å². The van der Waals surface area contributed by atoms with E-state index >= 15 is 0 Å². The molecule has 3 aromatic heterocycles. The minimum atomic E-state index is -0.195. The van der Waals surface area contributed by atoms with E-state index in [-0.39, 0.29) is 5.91 Å². The molecular formula is C16H12N4O2S. The first kappa shape index (κ1) is 13.7. The number of thiazole rings is 1. The number of carbonyl (C=O) groups is 1. The standard InChI is InChI=1S/C16H12N4O2S/c1-22-11-6-10(7-17-8-11)18-15(21)14-9-20-13-5-3-2-4-12(13)19-16(20)23-14/h2-9H,1H3,(H,18,21). The second kappa shape index (κ2) is 5.36. The molecule has 0 saturated heterocycles. The largest absolute Gasteiger partial charge is 0.495 e. The molecule has 114 valence electrons. The Morgan fingerprint density at radius 2 is 2.17 bits per heavy atom. The normalized spacial score (nSPS) is 11.0. The van der Waals surface area contributed by atoms with Crippen LogP contribution in [0.25, 0.3) is 16.0 Å². The van der Waals surface area contributed by atoms with Crippen molar-refractivity contribution in [2.24, 2.45) is 0 Å². The lowest BCUT2D eigenvalue weighted by Crippen LogP contribution is -2.10. The molecule has 0 spiro atoms. The van der Waals surface area contributed by atoms with Gasteiger partial charge in [-0.1, -0.05) is 23.5 Å². The Balaban J connectivity index is 1.66. The molecule has 0 unspecified atom stereocenters. The van der Waals surface area contributed by atoms with Crippen LogP contribution in [0, 0.1) is 0 Å². The molecule has 4 rings (SSSR count). The van der Waals surface area contributed by atoms with Crippen molar-refractivity contribution in [2.45, 2.75) is 0 Å². The van der Waals surface area contributed by atoms with Gasteiger partial charge in [0.15, 0.2) is 4.96 Å². The fraction of sp³-hybridized carbons (Fsp3) is 0.0625. The van der Waals surface area contributed by atoms with Gasteiger partial charge in [0.1, 0.15) is 10.6 Å². The highest BCUT2D eigenvalue weighted by Gasteiger charge is 2.14. The summed E-state index contributed by atoms with van der Waals surface area (Å²) < 4.78 is 7.03. The van der Waals surface area contributed by atoms with Gasteiger partial charge in [-0.25, -0.2) is 4.98 Å². The van der Waals surface area contributed by atoms with Crippen LogP contribution < -0.4 is 10.1 Å². The van der Waals surface area contributed by atoms with Gasteiger partial charge >= 0.3 is 0 Å². The number of carbonyl (C=O) groups excluding carboxylic acids is 1. The van der Waals surface area contributed by atoms with E-state index in [4.69, 9.17) is 4.74 Å². The number of nitrogens with one attached hydrogen (secondary N) is 1. The fourth-order valence-electron chi connectivity index (χ4n) is 2.36. The Labute approximate surface area is 135 Å². The van der Waals surface area contributed by atoms with E-state index in [1.54, 1.807) is 31.8 Å². The fourth-order valence-corrected chi connectivity index (χ4v) is 3.25. The van der Waals surface area contributed by atoms with Crippen LogP contribution in [-0.4, -0.2) is 27.4 Å². The molecule has 0 bridgehead atoms. The second-order valence-corrected chi connectivity index (χ2v) is 5.93. The molecule has 23 heavy (non-hydrogen) atoms. The maximum atomic E-state index is 12.4. The van der Waals surface area contributed by atoms with Crippen LogP contribution in [0.3, 0.4) is 0 Å². The zero-order valence-corrected chi connectivity index (χ0v) is 13.0. The maximum Gasteiger partial charge on any atom is 0.267 e. The molecule has 0 aliphatic carbocycles. The molecule has 7 heteroatoms. The predicted molar refractivity (Wildman–Crippen MR) is 89.3 cm³/mol. The molecule has 0 aliphatic heterocycles. The number of nitrogens with zero attached hydrogens (tertiary/aromatic N) is 3. The molecule has 0 fully saturated rings. The van der Waals surface area contributed by atoms with Gasteiger partial charge in [0.25, 0.3) is 5.91 Å². The highest BCUT2D eigenvalue weighted by atomic mass is 32.1. The molecule has 0 atom stereocenters. The molecule has 1 N–H and O–H groups in total. The summed E-state index contributed by atoms with van der Waals surface area (Å²) >= 11 is 1.35. The number of rotatable bonds is 3. The third-order valence-corrected chi connectivity index (χ3v) is 4.42. The van der Waals surface area contributed by atoms with Gasteiger partial charge in [0.05, 0.1) is 36.2 Å². The molecule has 6 nitrogen and oxygen atoms in total. The van der Waals surface area contributed by atoms with Crippen LogP contribution in [0.2, 0.25) is 0 Å². The quantitative estimate of drug-likeness (QED) is 0.628. The zero-order chi connectivity index (χ0) is 15.8. The van der Waals surface area contributed by atoms with E-state index < -0.39 is 0 Å². The van der Waals surface area contributed by atoms with Crippen LogP contribution in [0.15, 0.2) is 48.9 Å². The number of fused-ring (bicyclic) bond motifs is 3. The number of para-hydroxylation sites is 2. The van der Waals surface area contributed by atoms with Gasteiger partial charge < -0.3 is 10.1 Å². The van der Waals surface area contributed by atoms with E-state index in [1.807, 2.05) is 28.7 Å². The molecule has 4 aromatic rings. The molecule has 3 heterocycles. The van der Waals surface area contributed by atoms with Crippen LogP contribution in [0.1, 0.15) is 9.67 Å². The summed E-state index contributed by atoms with van der Waals surface area (Å²) in [6.45, 7) is 0. The number of imidazole rings is 1. The summed E-state index contributed by atoms with van der Waals surface area (Å²) in [6.07, 6.45) is 4.97. The predicted octanol–water partition coefficient (Wildman–Crippen LogP) is 3.20. The van der Waals surface area contributed by atoms with Crippen molar-refractivity contribution in [3.8, 4) is 5.75 Å². The highest BCUT2D eigenvalue weighted by Crippen LogP contribution is 2.24. The number of hydrogen-bond donors (Lipinski definition) is 1. The van der Waals surface area contributed by atoms with E-state index in [0.29, 0.717) is 16.3 Å². The first-order chi connectivity index (χ1) is 11.2. The smallest absolute Gasteiger partial charge is 0.267 e. The molecule has 0 aliphatic rings. The Morgan fingerprint density at radius 3 is 3.04 bits per heavy atom. The maximum absolute atomic E-state index is 12.4. The average Bonchev–Trinajstić information content (AvgIpc) is 3.13. The summed E-state index contributed by atoms with van der Waals surface area (Å²) in [5, 5.41) is 2.82. The summed E-state index contributed by atoms with van der Waals surface area (Å²) in [4.78, 5) is 22.3. The number of methoxy groups -OCH3 is 1. The first-order valence-electron chi connectivity index (χ1n) is 6.91. The highest BCUT2D eigenvalue weighted by molar-refractivity contribution is 7.19. The Morgan fingerprint density at radius 1 is 1.30 bits per heavy atom. The number of pyridine rings is 1. The van der Waals surface area contributed by atoms with Crippen molar-refractivity contribution >= 4 is 38.9 Å². The van der Waals surface area contributed by atoms with Crippen molar-refractivity contribution in [3.05, 3.63) is 53.8 Å². The monoisotopic (exact) mass is 324 g/mol.